The summed E-state index contributed by atoms with van der Waals surface area (Å²) >= 11 is 1.20. The Labute approximate surface area is 161 Å². The quantitative estimate of drug-likeness (QED) is 0.788. The molecule has 1 saturated carbocycles. The van der Waals surface area contributed by atoms with Gasteiger partial charge in [0.2, 0.25) is 15.7 Å². The zero-order chi connectivity index (χ0) is 19.1. The van der Waals surface area contributed by atoms with Crippen molar-refractivity contribution >= 4 is 38.7 Å². The van der Waals surface area contributed by atoms with Crippen molar-refractivity contribution in [2.24, 2.45) is 5.92 Å². The predicted octanol–water partition coefficient (Wildman–Crippen LogP) is 3.40. The van der Waals surface area contributed by atoms with Crippen LogP contribution in [0.4, 0.5) is 5.69 Å². The summed E-state index contributed by atoms with van der Waals surface area (Å²) in [7, 11) is -3.74. The first-order valence-corrected chi connectivity index (χ1v) is 11.2. The lowest BCUT2D eigenvalue weighted by Crippen LogP contribution is -2.39. The van der Waals surface area contributed by atoms with Crippen molar-refractivity contribution in [2.75, 3.05) is 5.32 Å². The van der Waals surface area contributed by atoms with Crippen LogP contribution in [0, 0.1) is 5.92 Å². The van der Waals surface area contributed by atoms with Gasteiger partial charge in [0.05, 0.1) is 22.9 Å². The maximum Gasteiger partial charge on any atom is 0.307 e. The fourth-order valence-electron chi connectivity index (χ4n) is 3.98. The van der Waals surface area contributed by atoms with Crippen molar-refractivity contribution in [3.05, 3.63) is 41.1 Å². The van der Waals surface area contributed by atoms with Crippen LogP contribution in [0.2, 0.25) is 0 Å². The lowest BCUT2D eigenvalue weighted by atomic mass is 9.85. The van der Waals surface area contributed by atoms with E-state index in [4.69, 9.17) is 4.74 Å². The smallest absolute Gasteiger partial charge is 0.307 e. The molecule has 2 fully saturated rings. The van der Waals surface area contributed by atoms with Crippen LogP contribution in [0.15, 0.2) is 50.9 Å². The predicted molar refractivity (Wildman–Crippen MR) is 100 cm³/mol. The Bertz CT molecular complexity index is 975. The monoisotopic (exact) mass is 405 g/mol. The number of sulfone groups is 1. The topological polar surface area (TPSA) is 89.5 Å². The Balaban J connectivity index is 1.61. The molecule has 2 aromatic rings. The number of rotatable bonds is 4. The van der Waals surface area contributed by atoms with Crippen LogP contribution >= 0.6 is 11.3 Å². The third-order valence-corrected chi connectivity index (χ3v) is 8.02. The number of hydrogen-bond acceptors (Lipinski definition) is 6. The minimum Gasteiger partial charge on any atom is -0.458 e. The van der Waals surface area contributed by atoms with E-state index in [1.165, 1.54) is 28.8 Å². The number of hydrogen-bond donors (Lipinski definition) is 1. The van der Waals surface area contributed by atoms with E-state index in [0.29, 0.717) is 12.8 Å². The summed E-state index contributed by atoms with van der Waals surface area (Å²) in [6.07, 6.45) is 3.23. The molecule has 1 aliphatic carbocycles. The van der Waals surface area contributed by atoms with Crippen LogP contribution in [0.1, 0.15) is 32.1 Å². The normalized spacial score (nSPS) is 21.3. The fraction of sp³-hybridized carbons (Fsp3) is 0.368. The molecule has 1 saturated heterocycles. The molecule has 4 rings (SSSR count). The summed E-state index contributed by atoms with van der Waals surface area (Å²) in [5.41, 5.74) is -0.475. The zero-order valence-corrected chi connectivity index (χ0v) is 16.1. The zero-order valence-electron chi connectivity index (χ0n) is 14.5. The molecule has 0 bridgehead atoms. The van der Waals surface area contributed by atoms with Gasteiger partial charge in [-0.15, -0.1) is 11.3 Å². The van der Waals surface area contributed by atoms with Gasteiger partial charge < -0.3 is 10.1 Å². The summed E-state index contributed by atoms with van der Waals surface area (Å²) in [5, 5.41) is 5.86. The first-order valence-electron chi connectivity index (χ1n) is 8.81. The third-order valence-electron chi connectivity index (χ3n) is 5.32. The second kappa shape index (κ2) is 6.76. The number of ether oxygens (including phenoxy) is 1. The SMILES string of the molecule is O=C1CC(C(=O)Nc2cscc2S(=O)(=O)c2ccccc2)C2(CCCC2)O1. The molecule has 0 radical (unpaired) electrons. The average molecular weight is 405 g/mol. The summed E-state index contributed by atoms with van der Waals surface area (Å²) in [5.74, 6) is -1.30. The van der Waals surface area contributed by atoms with Crippen molar-refractivity contribution in [1.82, 2.24) is 0 Å². The number of carbonyl (C=O) groups is 2. The highest BCUT2D eigenvalue weighted by atomic mass is 32.2. The van der Waals surface area contributed by atoms with Crippen LogP contribution in [-0.4, -0.2) is 25.9 Å². The second-order valence-corrected chi connectivity index (χ2v) is 9.62. The van der Waals surface area contributed by atoms with Crippen molar-refractivity contribution in [1.29, 1.82) is 0 Å². The van der Waals surface area contributed by atoms with E-state index in [1.807, 2.05) is 0 Å². The molecule has 2 aliphatic rings. The Morgan fingerprint density at radius 2 is 1.85 bits per heavy atom. The van der Waals surface area contributed by atoms with Crippen LogP contribution in [-0.2, 0) is 24.2 Å². The van der Waals surface area contributed by atoms with E-state index in [2.05, 4.69) is 5.32 Å². The molecule has 1 atom stereocenters. The van der Waals surface area contributed by atoms with Gasteiger partial charge >= 0.3 is 5.97 Å². The molecule has 2 heterocycles. The first kappa shape index (κ1) is 18.2. The summed E-state index contributed by atoms with van der Waals surface area (Å²) in [6, 6.07) is 8.10. The number of benzene rings is 1. The van der Waals surface area contributed by atoms with Crippen LogP contribution in [0.25, 0.3) is 0 Å². The minimum absolute atomic E-state index is 0.0384. The average Bonchev–Trinajstić information content (AvgIpc) is 3.37. The Morgan fingerprint density at radius 3 is 2.56 bits per heavy atom. The highest BCUT2D eigenvalue weighted by molar-refractivity contribution is 7.91. The van der Waals surface area contributed by atoms with Crippen molar-refractivity contribution < 1.29 is 22.7 Å². The van der Waals surface area contributed by atoms with Gasteiger partial charge in [-0.2, -0.15) is 0 Å². The highest BCUT2D eigenvalue weighted by Gasteiger charge is 2.54. The Kier molecular flexibility index (Phi) is 4.55. The van der Waals surface area contributed by atoms with Crippen LogP contribution in [0.5, 0.6) is 0 Å². The molecule has 1 aliphatic heterocycles. The maximum absolute atomic E-state index is 12.9. The number of esters is 1. The molecule has 142 valence electrons. The standard InChI is InChI=1S/C19H19NO5S2/c21-17-10-14(19(25-17)8-4-5-9-19)18(22)20-15-11-26-12-16(15)27(23,24)13-6-2-1-3-7-13/h1-3,6-7,11-12,14H,4-5,8-10H2,(H,20,22). The molecular weight excluding hydrogens is 386 g/mol. The van der Waals surface area contributed by atoms with Crippen LogP contribution < -0.4 is 5.32 Å². The highest BCUT2D eigenvalue weighted by Crippen LogP contribution is 2.46. The molecule has 1 aromatic carbocycles. The van der Waals surface area contributed by atoms with Gasteiger partial charge in [0.15, 0.2) is 0 Å². The summed E-state index contributed by atoms with van der Waals surface area (Å²) < 4.78 is 31.3. The third kappa shape index (κ3) is 3.17. The number of anilines is 1. The van der Waals surface area contributed by atoms with Gasteiger partial charge in [-0.1, -0.05) is 18.2 Å². The number of nitrogens with one attached hydrogen (secondary N) is 1. The van der Waals surface area contributed by atoms with Crippen molar-refractivity contribution in [3.8, 4) is 0 Å². The second-order valence-electron chi connectivity index (χ2n) is 6.96. The lowest BCUT2D eigenvalue weighted by molar-refractivity contribution is -0.149. The molecule has 1 aromatic heterocycles. The largest absolute Gasteiger partial charge is 0.458 e. The van der Waals surface area contributed by atoms with Gasteiger partial charge in [-0.3, -0.25) is 9.59 Å². The van der Waals surface area contributed by atoms with E-state index >= 15 is 0 Å². The molecule has 1 spiro atoms. The number of thiophene rings is 1. The van der Waals surface area contributed by atoms with Gasteiger partial charge in [-0.05, 0) is 37.8 Å². The molecule has 1 N–H and O–H groups in total. The van der Waals surface area contributed by atoms with Crippen LogP contribution in [0.3, 0.4) is 0 Å². The molecular formula is C19H19NO5S2. The van der Waals surface area contributed by atoms with E-state index < -0.39 is 21.4 Å². The maximum atomic E-state index is 12.9. The number of amides is 1. The Hall–Kier alpha value is -2.19. The Morgan fingerprint density at radius 1 is 1.15 bits per heavy atom. The lowest BCUT2D eigenvalue weighted by Gasteiger charge is -2.27. The van der Waals surface area contributed by atoms with Gasteiger partial charge in [0.1, 0.15) is 10.5 Å². The van der Waals surface area contributed by atoms with Gasteiger partial charge in [-0.25, -0.2) is 8.42 Å². The van der Waals surface area contributed by atoms with Gasteiger partial charge in [0.25, 0.3) is 0 Å². The summed E-state index contributed by atoms with van der Waals surface area (Å²) in [4.78, 5) is 25.0. The number of carbonyl (C=O) groups excluding carboxylic acids is 2. The molecule has 8 heteroatoms. The van der Waals surface area contributed by atoms with Gasteiger partial charge in [0, 0.05) is 10.8 Å². The van der Waals surface area contributed by atoms with Crippen molar-refractivity contribution in [2.45, 2.75) is 47.5 Å². The summed E-state index contributed by atoms with van der Waals surface area (Å²) in [6.45, 7) is 0. The van der Waals surface area contributed by atoms with E-state index in [0.717, 1.165) is 12.8 Å². The van der Waals surface area contributed by atoms with Crippen molar-refractivity contribution in [3.63, 3.8) is 0 Å². The van der Waals surface area contributed by atoms with E-state index in [1.54, 1.807) is 23.6 Å². The molecule has 27 heavy (non-hydrogen) atoms. The molecule has 6 nitrogen and oxygen atoms in total. The molecule has 1 amide bonds. The van der Waals surface area contributed by atoms with E-state index in [9.17, 15) is 18.0 Å². The first-order chi connectivity index (χ1) is 12.9. The fourth-order valence-corrected chi connectivity index (χ4v) is 6.54. The molecule has 1 unspecified atom stereocenters. The van der Waals surface area contributed by atoms with E-state index in [-0.39, 0.29) is 33.8 Å². The minimum atomic E-state index is -3.74.